The van der Waals surface area contributed by atoms with Gasteiger partial charge in [-0.05, 0) is 17.7 Å². The van der Waals surface area contributed by atoms with Crippen LogP contribution >= 0.6 is 23.2 Å². The molecule has 0 aliphatic heterocycles. The van der Waals surface area contributed by atoms with E-state index in [0.717, 1.165) is 5.56 Å². The van der Waals surface area contributed by atoms with Crippen LogP contribution in [0.5, 0.6) is 0 Å². The minimum atomic E-state index is 0.237. The first-order chi connectivity index (χ1) is 8.69. The van der Waals surface area contributed by atoms with Crippen molar-refractivity contribution in [3.63, 3.8) is 0 Å². The summed E-state index contributed by atoms with van der Waals surface area (Å²) >= 11 is 11.7. The molecule has 0 saturated carbocycles. The molecule has 0 aliphatic rings. The first-order valence-corrected chi connectivity index (χ1v) is 5.87. The molecule has 2 aromatic rings. The lowest BCUT2D eigenvalue weighted by Gasteiger charge is -2.03. The number of carbonyl (C=O) groups excluding carboxylic acids is 1. The number of rotatable bonds is 5. The fourth-order valence-electron chi connectivity index (χ4n) is 1.35. The summed E-state index contributed by atoms with van der Waals surface area (Å²) in [5, 5.41) is 4.52. The Morgan fingerprint density at radius 3 is 2.72 bits per heavy atom. The lowest BCUT2D eigenvalue weighted by atomic mass is 10.2. The van der Waals surface area contributed by atoms with Gasteiger partial charge >= 0.3 is 0 Å². The van der Waals surface area contributed by atoms with Crippen molar-refractivity contribution in [1.29, 1.82) is 0 Å². The fourth-order valence-corrected chi connectivity index (χ4v) is 1.67. The molecule has 0 unspecified atom stereocenters. The van der Waals surface area contributed by atoms with E-state index in [4.69, 9.17) is 32.5 Å². The standard InChI is InChI=1S/C12H9Cl2NO3/c13-11-2-1-8(3-12(11)14)6-17-7-10-4-9(5-16)15-18-10/h1-5H,6-7H2. The van der Waals surface area contributed by atoms with E-state index in [1.54, 1.807) is 12.1 Å². The van der Waals surface area contributed by atoms with Crippen molar-refractivity contribution >= 4 is 29.5 Å². The van der Waals surface area contributed by atoms with E-state index in [1.165, 1.54) is 6.07 Å². The second kappa shape index (κ2) is 6.00. The second-order valence-corrected chi connectivity index (χ2v) is 4.39. The SMILES string of the molecule is O=Cc1cc(COCc2ccc(Cl)c(Cl)c2)on1. The molecule has 4 nitrogen and oxygen atoms in total. The molecule has 0 amide bonds. The summed E-state index contributed by atoms with van der Waals surface area (Å²) in [6.07, 6.45) is 0.617. The van der Waals surface area contributed by atoms with Crippen molar-refractivity contribution < 1.29 is 14.1 Å². The Kier molecular flexibility index (Phi) is 4.36. The highest BCUT2D eigenvalue weighted by atomic mass is 35.5. The predicted octanol–water partition coefficient (Wildman–Crippen LogP) is 3.51. The highest BCUT2D eigenvalue weighted by molar-refractivity contribution is 6.42. The smallest absolute Gasteiger partial charge is 0.171 e. The zero-order valence-electron chi connectivity index (χ0n) is 9.23. The average molecular weight is 286 g/mol. The van der Waals surface area contributed by atoms with Gasteiger partial charge in [-0.15, -0.1) is 0 Å². The van der Waals surface area contributed by atoms with Crippen molar-refractivity contribution in [3.05, 3.63) is 51.3 Å². The molecule has 0 radical (unpaired) electrons. The van der Waals surface area contributed by atoms with Crippen LogP contribution in [0.1, 0.15) is 21.8 Å². The first kappa shape index (κ1) is 13.1. The summed E-state index contributed by atoms with van der Waals surface area (Å²) < 4.78 is 10.3. The van der Waals surface area contributed by atoms with Crippen molar-refractivity contribution in [2.24, 2.45) is 0 Å². The molecule has 0 saturated heterocycles. The summed E-state index contributed by atoms with van der Waals surface area (Å²) in [4.78, 5) is 10.4. The molecule has 1 aromatic heterocycles. The van der Waals surface area contributed by atoms with Gasteiger partial charge in [-0.2, -0.15) is 0 Å². The third-order valence-electron chi connectivity index (χ3n) is 2.19. The maximum absolute atomic E-state index is 10.4. The first-order valence-electron chi connectivity index (χ1n) is 5.11. The normalized spacial score (nSPS) is 10.6. The van der Waals surface area contributed by atoms with E-state index in [-0.39, 0.29) is 12.3 Å². The van der Waals surface area contributed by atoms with Gasteiger partial charge in [0, 0.05) is 6.07 Å². The van der Waals surface area contributed by atoms with E-state index < -0.39 is 0 Å². The van der Waals surface area contributed by atoms with Crippen LogP contribution in [0.3, 0.4) is 0 Å². The molecule has 0 aliphatic carbocycles. The third kappa shape index (κ3) is 3.32. The monoisotopic (exact) mass is 285 g/mol. The van der Waals surface area contributed by atoms with Crippen LogP contribution < -0.4 is 0 Å². The molecule has 0 fully saturated rings. The molecule has 1 heterocycles. The summed E-state index contributed by atoms with van der Waals surface area (Å²) in [5.74, 6) is 0.497. The Balaban J connectivity index is 1.88. The Labute approximate surface area is 113 Å². The van der Waals surface area contributed by atoms with Crippen molar-refractivity contribution in [2.45, 2.75) is 13.2 Å². The largest absolute Gasteiger partial charge is 0.369 e. The van der Waals surface area contributed by atoms with Crippen LogP contribution in [0.15, 0.2) is 28.8 Å². The van der Waals surface area contributed by atoms with Gasteiger partial charge in [-0.3, -0.25) is 4.79 Å². The van der Waals surface area contributed by atoms with Crippen LogP contribution in [0, 0.1) is 0 Å². The molecular formula is C12H9Cl2NO3. The van der Waals surface area contributed by atoms with Gasteiger partial charge in [-0.25, -0.2) is 0 Å². The molecule has 0 spiro atoms. The minimum Gasteiger partial charge on any atom is -0.369 e. The van der Waals surface area contributed by atoms with Gasteiger partial charge in [0.2, 0.25) is 0 Å². The number of hydrogen-bond donors (Lipinski definition) is 0. The molecule has 18 heavy (non-hydrogen) atoms. The number of hydrogen-bond acceptors (Lipinski definition) is 4. The molecular weight excluding hydrogens is 277 g/mol. The molecule has 0 N–H and O–H groups in total. The number of carbonyl (C=O) groups is 1. The van der Waals surface area contributed by atoms with E-state index in [1.807, 2.05) is 6.07 Å². The molecule has 6 heteroatoms. The Hall–Kier alpha value is -1.36. The van der Waals surface area contributed by atoms with E-state index in [9.17, 15) is 4.79 Å². The van der Waals surface area contributed by atoms with Crippen LogP contribution in [0.2, 0.25) is 10.0 Å². The third-order valence-corrected chi connectivity index (χ3v) is 2.93. The van der Waals surface area contributed by atoms with Crippen molar-refractivity contribution in [2.75, 3.05) is 0 Å². The summed E-state index contributed by atoms with van der Waals surface area (Å²) in [5.41, 5.74) is 1.16. The van der Waals surface area contributed by atoms with E-state index in [2.05, 4.69) is 5.16 Å². The fraction of sp³-hybridized carbons (Fsp3) is 0.167. The average Bonchev–Trinajstić information content (AvgIpc) is 2.82. The summed E-state index contributed by atoms with van der Waals surface area (Å²) in [7, 11) is 0. The maximum atomic E-state index is 10.4. The molecule has 0 atom stereocenters. The van der Waals surface area contributed by atoms with Crippen molar-refractivity contribution in [3.8, 4) is 0 Å². The maximum Gasteiger partial charge on any atom is 0.171 e. The second-order valence-electron chi connectivity index (χ2n) is 3.58. The van der Waals surface area contributed by atoms with Gasteiger partial charge < -0.3 is 9.26 Å². The zero-order valence-corrected chi connectivity index (χ0v) is 10.7. The Morgan fingerprint density at radius 2 is 2.06 bits per heavy atom. The highest BCUT2D eigenvalue weighted by Gasteiger charge is 2.04. The summed E-state index contributed by atoms with van der Waals surface area (Å²) in [6.45, 7) is 0.606. The number of benzene rings is 1. The van der Waals surface area contributed by atoms with Gasteiger partial charge in [0.15, 0.2) is 12.0 Å². The summed E-state index contributed by atoms with van der Waals surface area (Å²) in [6, 6.07) is 6.80. The molecule has 0 bridgehead atoms. The van der Waals surface area contributed by atoms with E-state index in [0.29, 0.717) is 28.7 Å². The number of aromatic nitrogens is 1. The molecule has 94 valence electrons. The van der Waals surface area contributed by atoms with E-state index >= 15 is 0 Å². The zero-order chi connectivity index (χ0) is 13.0. The number of ether oxygens (including phenoxy) is 1. The van der Waals surface area contributed by atoms with Crippen molar-refractivity contribution in [1.82, 2.24) is 5.16 Å². The Morgan fingerprint density at radius 1 is 1.22 bits per heavy atom. The number of nitrogens with zero attached hydrogens (tertiary/aromatic N) is 1. The highest BCUT2D eigenvalue weighted by Crippen LogP contribution is 2.23. The predicted molar refractivity (Wildman–Crippen MR) is 66.8 cm³/mol. The van der Waals surface area contributed by atoms with Crippen LogP contribution in [0.4, 0.5) is 0 Å². The van der Waals surface area contributed by atoms with Crippen LogP contribution in [-0.2, 0) is 18.0 Å². The number of halogens is 2. The lowest BCUT2D eigenvalue weighted by molar-refractivity contribution is 0.0882. The number of aldehydes is 1. The van der Waals surface area contributed by atoms with Gasteiger partial charge in [0.25, 0.3) is 0 Å². The molecule has 1 aromatic carbocycles. The lowest BCUT2D eigenvalue weighted by Crippen LogP contribution is -1.93. The van der Waals surface area contributed by atoms with Crippen LogP contribution in [-0.4, -0.2) is 11.4 Å². The van der Waals surface area contributed by atoms with Gasteiger partial charge in [-0.1, -0.05) is 34.4 Å². The quantitative estimate of drug-likeness (QED) is 0.789. The minimum absolute atomic E-state index is 0.237. The topological polar surface area (TPSA) is 52.3 Å². The van der Waals surface area contributed by atoms with Gasteiger partial charge in [0.1, 0.15) is 12.3 Å². The van der Waals surface area contributed by atoms with Gasteiger partial charge in [0.05, 0.1) is 16.7 Å². The van der Waals surface area contributed by atoms with Crippen LogP contribution in [0.25, 0.3) is 0 Å². The Bertz CT molecular complexity index is 554. The molecule has 2 rings (SSSR count).